The second kappa shape index (κ2) is 9.62. The summed E-state index contributed by atoms with van der Waals surface area (Å²) in [5.74, 6) is 0.677. The summed E-state index contributed by atoms with van der Waals surface area (Å²) in [7, 11) is 1.71. The summed E-state index contributed by atoms with van der Waals surface area (Å²) in [5.41, 5.74) is 5.50. The average molecular weight is 423 g/mol. The number of hydrogen-bond donors (Lipinski definition) is 1. The van der Waals surface area contributed by atoms with E-state index in [9.17, 15) is 4.39 Å². The van der Waals surface area contributed by atoms with Gasteiger partial charge in [-0.15, -0.1) is 0 Å². The van der Waals surface area contributed by atoms with Crippen LogP contribution in [0, 0.1) is 19.7 Å². The van der Waals surface area contributed by atoms with Crippen molar-refractivity contribution >= 4 is 0 Å². The van der Waals surface area contributed by atoms with E-state index >= 15 is 0 Å². The Balaban J connectivity index is 1.38. The molecule has 3 aromatic rings. The van der Waals surface area contributed by atoms with Crippen LogP contribution in [0.25, 0.3) is 5.69 Å². The molecule has 1 atom stereocenters. The number of benzene rings is 2. The molecule has 5 nitrogen and oxygen atoms in total. The van der Waals surface area contributed by atoms with Crippen molar-refractivity contribution in [1.82, 2.24) is 20.0 Å². The van der Waals surface area contributed by atoms with Crippen molar-refractivity contribution < 1.29 is 9.13 Å². The first-order valence-electron chi connectivity index (χ1n) is 10.9. The van der Waals surface area contributed by atoms with Crippen LogP contribution in [0.5, 0.6) is 5.75 Å². The zero-order valence-electron chi connectivity index (χ0n) is 18.6. The van der Waals surface area contributed by atoms with E-state index < -0.39 is 0 Å². The smallest absolute Gasteiger partial charge is 0.123 e. The zero-order valence-corrected chi connectivity index (χ0v) is 18.6. The van der Waals surface area contributed by atoms with Gasteiger partial charge in [-0.05, 0) is 75.2 Å². The van der Waals surface area contributed by atoms with Crippen molar-refractivity contribution in [3.05, 3.63) is 76.9 Å². The van der Waals surface area contributed by atoms with Crippen molar-refractivity contribution in [3.63, 3.8) is 0 Å². The molecule has 0 spiro atoms. The van der Waals surface area contributed by atoms with Gasteiger partial charge in [0, 0.05) is 36.9 Å². The first-order chi connectivity index (χ1) is 15.0. The molecule has 1 aliphatic heterocycles. The predicted molar refractivity (Wildman–Crippen MR) is 121 cm³/mol. The van der Waals surface area contributed by atoms with E-state index in [2.05, 4.69) is 35.3 Å². The highest BCUT2D eigenvalue weighted by atomic mass is 19.1. The third kappa shape index (κ3) is 5.14. The molecule has 6 heteroatoms. The van der Waals surface area contributed by atoms with Gasteiger partial charge < -0.3 is 10.1 Å². The molecule has 1 N–H and O–H groups in total. The maximum Gasteiger partial charge on any atom is 0.123 e. The quantitative estimate of drug-likeness (QED) is 0.613. The average Bonchev–Trinajstić information content (AvgIpc) is 3.06. The number of nitrogens with zero attached hydrogens (tertiary/aromatic N) is 3. The van der Waals surface area contributed by atoms with Gasteiger partial charge in [0.2, 0.25) is 0 Å². The van der Waals surface area contributed by atoms with Crippen LogP contribution in [0.3, 0.4) is 0 Å². The summed E-state index contributed by atoms with van der Waals surface area (Å²) >= 11 is 0. The minimum atomic E-state index is -0.233. The maximum atomic E-state index is 13.3. The first-order valence-corrected chi connectivity index (χ1v) is 10.9. The van der Waals surface area contributed by atoms with Crippen molar-refractivity contribution in [2.45, 2.75) is 45.8 Å². The summed E-state index contributed by atoms with van der Waals surface area (Å²) < 4.78 is 20.5. The number of halogens is 1. The van der Waals surface area contributed by atoms with Gasteiger partial charge in [0.1, 0.15) is 11.6 Å². The van der Waals surface area contributed by atoms with E-state index in [1.165, 1.54) is 36.1 Å². The summed E-state index contributed by atoms with van der Waals surface area (Å²) in [6.45, 7) is 8.00. The van der Waals surface area contributed by atoms with Crippen molar-refractivity contribution in [3.8, 4) is 11.4 Å². The number of hydrogen-bond acceptors (Lipinski definition) is 4. The van der Waals surface area contributed by atoms with E-state index in [1.807, 2.05) is 17.7 Å². The SMILES string of the molecule is COc1cccc(CN2CCC[C@H](NCc3c(C)nn(-c4ccc(F)cc4)c3C)C2)c1. The summed E-state index contributed by atoms with van der Waals surface area (Å²) in [5, 5.41) is 8.44. The van der Waals surface area contributed by atoms with Crippen molar-refractivity contribution in [1.29, 1.82) is 0 Å². The molecule has 1 fully saturated rings. The van der Waals surface area contributed by atoms with Gasteiger partial charge in [0.15, 0.2) is 0 Å². The Bertz CT molecular complexity index is 1010. The largest absolute Gasteiger partial charge is 0.497 e. The first kappa shape index (κ1) is 21.5. The highest BCUT2D eigenvalue weighted by Crippen LogP contribution is 2.20. The van der Waals surface area contributed by atoms with Gasteiger partial charge in [-0.3, -0.25) is 4.90 Å². The van der Waals surface area contributed by atoms with Crippen LogP contribution in [-0.4, -0.2) is 40.9 Å². The molecule has 4 rings (SSSR count). The molecule has 0 bridgehead atoms. The molecule has 1 saturated heterocycles. The Labute approximate surface area is 183 Å². The van der Waals surface area contributed by atoms with E-state index in [0.717, 1.165) is 49.0 Å². The molecule has 0 saturated carbocycles. The van der Waals surface area contributed by atoms with E-state index in [-0.39, 0.29) is 5.82 Å². The fourth-order valence-corrected chi connectivity index (χ4v) is 4.41. The lowest BCUT2D eigenvalue weighted by Crippen LogP contribution is -2.45. The lowest BCUT2D eigenvalue weighted by Gasteiger charge is -2.33. The molecular weight excluding hydrogens is 391 g/mol. The fourth-order valence-electron chi connectivity index (χ4n) is 4.41. The normalized spacial score (nSPS) is 17.1. The number of piperidine rings is 1. The van der Waals surface area contributed by atoms with Gasteiger partial charge in [-0.1, -0.05) is 12.1 Å². The maximum absolute atomic E-state index is 13.3. The number of likely N-dealkylation sites (tertiary alicyclic amines) is 1. The number of ether oxygens (including phenoxy) is 1. The minimum Gasteiger partial charge on any atom is -0.497 e. The molecule has 1 aromatic heterocycles. The second-order valence-corrected chi connectivity index (χ2v) is 8.34. The number of nitrogens with one attached hydrogen (secondary N) is 1. The van der Waals surface area contributed by atoms with Gasteiger partial charge in [-0.2, -0.15) is 5.10 Å². The Morgan fingerprint density at radius 2 is 1.97 bits per heavy atom. The molecular formula is C25H31FN4O. The van der Waals surface area contributed by atoms with Crippen LogP contribution in [-0.2, 0) is 13.1 Å². The number of aryl methyl sites for hydroxylation is 1. The summed E-state index contributed by atoms with van der Waals surface area (Å²) in [6.07, 6.45) is 2.37. The number of aromatic nitrogens is 2. The Morgan fingerprint density at radius 3 is 2.74 bits per heavy atom. The third-order valence-corrected chi connectivity index (χ3v) is 6.13. The monoisotopic (exact) mass is 422 g/mol. The Morgan fingerprint density at radius 1 is 1.16 bits per heavy atom. The zero-order chi connectivity index (χ0) is 21.8. The number of methoxy groups -OCH3 is 1. The van der Waals surface area contributed by atoms with Crippen LogP contribution in [0.4, 0.5) is 4.39 Å². The van der Waals surface area contributed by atoms with Gasteiger partial charge in [-0.25, -0.2) is 9.07 Å². The standard InChI is InChI=1S/C25H31FN4O/c1-18-25(19(2)30(28-18)23-11-9-21(26)10-12-23)15-27-22-7-5-13-29(17-22)16-20-6-4-8-24(14-20)31-3/h4,6,8-12,14,22,27H,5,7,13,15-17H2,1-3H3/t22-/m0/s1. The van der Waals surface area contributed by atoms with Crippen LogP contribution < -0.4 is 10.1 Å². The molecule has 1 aliphatic rings. The van der Waals surface area contributed by atoms with Gasteiger partial charge in [0.25, 0.3) is 0 Å². The lowest BCUT2D eigenvalue weighted by atomic mass is 10.0. The van der Waals surface area contributed by atoms with Gasteiger partial charge >= 0.3 is 0 Å². The summed E-state index contributed by atoms with van der Waals surface area (Å²) in [4.78, 5) is 2.51. The van der Waals surface area contributed by atoms with E-state index in [4.69, 9.17) is 9.84 Å². The van der Waals surface area contributed by atoms with Crippen LogP contribution in [0.1, 0.15) is 35.4 Å². The molecule has 0 radical (unpaired) electrons. The lowest BCUT2D eigenvalue weighted by molar-refractivity contribution is 0.182. The third-order valence-electron chi connectivity index (χ3n) is 6.13. The fraction of sp³-hybridized carbons (Fsp3) is 0.400. The molecule has 2 aromatic carbocycles. The van der Waals surface area contributed by atoms with E-state index in [1.54, 1.807) is 19.2 Å². The highest BCUT2D eigenvalue weighted by molar-refractivity contribution is 5.37. The minimum absolute atomic E-state index is 0.233. The Kier molecular flexibility index (Phi) is 6.68. The molecule has 164 valence electrons. The van der Waals surface area contributed by atoms with E-state index in [0.29, 0.717) is 6.04 Å². The molecule has 2 heterocycles. The number of rotatable bonds is 7. The molecule has 31 heavy (non-hydrogen) atoms. The predicted octanol–water partition coefficient (Wildman–Crippen LogP) is 4.39. The second-order valence-electron chi connectivity index (χ2n) is 8.34. The highest BCUT2D eigenvalue weighted by Gasteiger charge is 2.21. The van der Waals surface area contributed by atoms with Crippen molar-refractivity contribution in [2.75, 3.05) is 20.2 Å². The molecule has 0 unspecified atom stereocenters. The van der Waals surface area contributed by atoms with Crippen molar-refractivity contribution in [2.24, 2.45) is 0 Å². The van der Waals surface area contributed by atoms with Crippen LogP contribution in [0.2, 0.25) is 0 Å². The molecule has 0 amide bonds. The van der Waals surface area contributed by atoms with Crippen LogP contribution >= 0.6 is 0 Å². The molecule has 0 aliphatic carbocycles. The van der Waals surface area contributed by atoms with Gasteiger partial charge in [0.05, 0.1) is 18.5 Å². The Hall–Kier alpha value is -2.70. The topological polar surface area (TPSA) is 42.3 Å². The summed E-state index contributed by atoms with van der Waals surface area (Å²) in [6, 6.07) is 15.3. The van der Waals surface area contributed by atoms with Crippen LogP contribution in [0.15, 0.2) is 48.5 Å².